The summed E-state index contributed by atoms with van der Waals surface area (Å²) >= 11 is 1.63. The molecule has 0 amide bonds. The van der Waals surface area contributed by atoms with Crippen LogP contribution in [0.2, 0.25) is 0 Å². The Morgan fingerprint density at radius 3 is 3.00 bits per heavy atom. The first-order chi connectivity index (χ1) is 9.78. The highest BCUT2D eigenvalue weighted by Crippen LogP contribution is 2.30. The molecule has 0 aliphatic heterocycles. The number of ketones is 1. The topological polar surface area (TPSA) is 39.4 Å². The number of carbonyl (C=O) groups is 1. The summed E-state index contributed by atoms with van der Waals surface area (Å²) in [5, 5.41) is 0. The number of fused-ring (bicyclic) bond motifs is 1. The first-order valence-electron chi connectivity index (χ1n) is 7.02. The SMILES string of the molecule is COCc1ccc(C(=O)c2cc3c(s2)CCCCC3)o1. The van der Waals surface area contributed by atoms with Crippen molar-refractivity contribution in [2.24, 2.45) is 0 Å². The van der Waals surface area contributed by atoms with Gasteiger partial charge in [-0.3, -0.25) is 4.79 Å². The maximum absolute atomic E-state index is 12.4. The lowest BCUT2D eigenvalue weighted by Gasteiger charge is -1.95. The van der Waals surface area contributed by atoms with E-state index in [4.69, 9.17) is 9.15 Å². The summed E-state index contributed by atoms with van der Waals surface area (Å²) in [6.45, 7) is 0.397. The van der Waals surface area contributed by atoms with Gasteiger partial charge in [-0.1, -0.05) is 6.42 Å². The molecule has 1 aliphatic carbocycles. The van der Waals surface area contributed by atoms with E-state index in [-0.39, 0.29) is 5.78 Å². The molecule has 2 heterocycles. The molecule has 3 rings (SSSR count). The Labute approximate surface area is 122 Å². The Hall–Kier alpha value is -1.39. The lowest BCUT2D eigenvalue weighted by Crippen LogP contribution is -1.96. The lowest BCUT2D eigenvalue weighted by atomic mass is 10.1. The molecule has 106 valence electrons. The van der Waals surface area contributed by atoms with Gasteiger partial charge in [0.25, 0.3) is 0 Å². The summed E-state index contributed by atoms with van der Waals surface area (Å²) in [5.74, 6) is 1.09. The highest BCUT2D eigenvalue weighted by atomic mass is 32.1. The van der Waals surface area contributed by atoms with Crippen LogP contribution in [0.5, 0.6) is 0 Å². The van der Waals surface area contributed by atoms with Crippen molar-refractivity contribution in [3.63, 3.8) is 0 Å². The van der Waals surface area contributed by atoms with Crippen LogP contribution >= 0.6 is 11.3 Å². The number of hydrogen-bond donors (Lipinski definition) is 0. The normalized spacial score (nSPS) is 14.8. The smallest absolute Gasteiger partial charge is 0.238 e. The van der Waals surface area contributed by atoms with E-state index in [1.54, 1.807) is 30.6 Å². The maximum atomic E-state index is 12.4. The van der Waals surface area contributed by atoms with Gasteiger partial charge in [-0.15, -0.1) is 11.3 Å². The maximum Gasteiger partial charge on any atom is 0.238 e. The molecule has 0 unspecified atom stereocenters. The monoisotopic (exact) mass is 290 g/mol. The van der Waals surface area contributed by atoms with Gasteiger partial charge < -0.3 is 9.15 Å². The molecule has 0 atom stereocenters. The first kappa shape index (κ1) is 13.6. The van der Waals surface area contributed by atoms with Gasteiger partial charge in [-0.25, -0.2) is 0 Å². The van der Waals surface area contributed by atoms with Gasteiger partial charge >= 0.3 is 0 Å². The van der Waals surface area contributed by atoms with Crippen molar-refractivity contribution in [2.75, 3.05) is 7.11 Å². The molecule has 0 spiro atoms. The fourth-order valence-corrected chi connectivity index (χ4v) is 3.82. The summed E-state index contributed by atoms with van der Waals surface area (Å²) < 4.78 is 10.5. The van der Waals surface area contributed by atoms with Crippen molar-refractivity contribution < 1.29 is 13.9 Å². The molecule has 0 aromatic carbocycles. The third-order valence-corrected chi connectivity index (χ3v) is 4.88. The van der Waals surface area contributed by atoms with Crippen LogP contribution in [-0.2, 0) is 24.2 Å². The molecule has 0 saturated heterocycles. The van der Waals surface area contributed by atoms with E-state index < -0.39 is 0 Å². The zero-order valence-electron chi connectivity index (χ0n) is 11.6. The summed E-state index contributed by atoms with van der Waals surface area (Å²) in [4.78, 5) is 14.6. The summed E-state index contributed by atoms with van der Waals surface area (Å²) in [6.07, 6.45) is 5.98. The Bertz CT molecular complexity index is 586. The first-order valence-corrected chi connectivity index (χ1v) is 7.83. The molecule has 2 aromatic heterocycles. The zero-order valence-corrected chi connectivity index (χ0v) is 12.4. The lowest BCUT2D eigenvalue weighted by molar-refractivity contribution is 0.100. The molecule has 0 bridgehead atoms. The van der Waals surface area contributed by atoms with Crippen molar-refractivity contribution in [1.29, 1.82) is 0 Å². The quantitative estimate of drug-likeness (QED) is 0.631. The minimum absolute atomic E-state index is 0.00886. The predicted octanol–water partition coefficient (Wildman–Crippen LogP) is 3.99. The number of ether oxygens (including phenoxy) is 1. The molecule has 0 saturated carbocycles. The Morgan fingerprint density at radius 1 is 1.30 bits per heavy atom. The molecular formula is C16H18O3S. The number of methoxy groups -OCH3 is 1. The van der Waals surface area contributed by atoms with Crippen molar-refractivity contribution in [2.45, 2.75) is 38.7 Å². The average molecular weight is 290 g/mol. The molecule has 4 heteroatoms. The van der Waals surface area contributed by atoms with Crippen molar-refractivity contribution in [3.05, 3.63) is 45.0 Å². The van der Waals surface area contributed by atoms with E-state index in [9.17, 15) is 4.79 Å². The van der Waals surface area contributed by atoms with Crippen LogP contribution in [0.4, 0.5) is 0 Å². The molecule has 0 N–H and O–H groups in total. The van der Waals surface area contributed by atoms with Gasteiger partial charge in [0.2, 0.25) is 5.78 Å². The number of hydrogen-bond acceptors (Lipinski definition) is 4. The average Bonchev–Trinajstić information content (AvgIpc) is 3.01. The van der Waals surface area contributed by atoms with Crippen LogP contribution in [0.3, 0.4) is 0 Å². The Morgan fingerprint density at radius 2 is 2.15 bits per heavy atom. The number of thiophene rings is 1. The predicted molar refractivity (Wildman–Crippen MR) is 78.4 cm³/mol. The van der Waals surface area contributed by atoms with Gasteiger partial charge in [0.1, 0.15) is 12.4 Å². The number of rotatable bonds is 4. The minimum atomic E-state index is -0.00886. The minimum Gasteiger partial charge on any atom is -0.455 e. The Kier molecular flexibility index (Phi) is 4.03. The van der Waals surface area contributed by atoms with E-state index in [1.807, 2.05) is 0 Å². The van der Waals surface area contributed by atoms with E-state index in [1.165, 1.54) is 29.7 Å². The largest absolute Gasteiger partial charge is 0.455 e. The second-order valence-corrected chi connectivity index (χ2v) is 6.28. The van der Waals surface area contributed by atoms with Crippen molar-refractivity contribution in [1.82, 2.24) is 0 Å². The fourth-order valence-electron chi connectivity index (χ4n) is 2.62. The zero-order chi connectivity index (χ0) is 13.9. The van der Waals surface area contributed by atoms with E-state index in [0.717, 1.165) is 17.7 Å². The van der Waals surface area contributed by atoms with Gasteiger partial charge in [0, 0.05) is 12.0 Å². The van der Waals surface area contributed by atoms with Gasteiger partial charge in [0.15, 0.2) is 5.76 Å². The number of carbonyl (C=O) groups excluding carboxylic acids is 1. The van der Waals surface area contributed by atoms with Crippen LogP contribution < -0.4 is 0 Å². The summed E-state index contributed by atoms with van der Waals surface area (Å²) in [6, 6.07) is 5.60. The Balaban J connectivity index is 1.82. The number of furan rings is 1. The van der Waals surface area contributed by atoms with E-state index in [2.05, 4.69) is 6.07 Å². The van der Waals surface area contributed by atoms with Crippen molar-refractivity contribution >= 4 is 17.1 Å². The standard InChI is InChI=1S/C16H18O3S/c1-18-10-12-7-8-13(19-12)16(17)15-9-11-5-3-2-4-6-14(11)20-15/h7-9H,2-6,10H2,1H3. The third kappa shape index (κ3) is 2.72. The second kappa shape index (κ2) is 5.94. The molecule has 0 fully saturated rings. The van der Waals surface area contributed by atoms with Crippen LogP contribution in [-0.4, -0.2) is 12.9 Å². The summed E-state index contributed by atoms with van der Waals surface area (Å²) in [5.41, 5.74) is 1.36. The highest BCUT2D eigenvalue weighted by molar-refractivity contribution is 7.14. The highest BCUT2D eigenvalue weighted by Gasteiger charge is 2.19. The van der Waals surface area contributed by atoms with E-state index >= 15 is 0 Å². The molecule has 2 aromatic rings. The molecule has 0 radical (unpaired) electrons. The van der Waals surface area contributed by atoms with Crippen molar-refractivity contribution in [3.8, 4) is 0 Å². The molecular weight excluding hydrogens is 272 g/mol. The van der Waals surface area contributed by atoms with Crippen LogP contribution in [0, 0.1) is 0 Å². The van der Waals surface area contributed by atoms with Gasteiger partial charge in [-0.05, 0) is 49.4 Å². The fraction of sp³-hybridized carbons (Fsp3) is 0.438. The molecule has 20 heavy (non-hydrogen) atoms. The third-order valence-electron chi connectivity index (χ3n) is 3.64. The molecule has 3 nitrogen and oxygen atoms in total. The van der Waals surface area contributed by atoms with Gasteiger partial charge in [-0.2, -0.15) is 0 Å². The summed E-state index contributed by atoms with van der Waals surface area (Å²) in [7, 11) is 1.61. The van der Waals surface area contributed by atoms with Crippen LogP contribution in [0.1, 0.15) is 50.9 Å². The second-order valence-electron chi connectivity index (χ2n) is 5.15. The number of aryl methyl sites for hydroxylation is 2. The van der Waals surface area contributed by atoms with Gasteiger partial charge in [0.05, 0.1) is 4.88 Å². The van der Waals surface area contributed by atoms with Crippen LogP contribution in [0.25, 0.3) is 0 Å². The van der Waals surface area contributed by atoms with Crippen LogP contribution in [0.15, 0.2) is 22.6 Å². The molecule has 1 aliphatic rings. The van der Waals surface area contributed by atoms with E-state index in [0.29, 0.717) is 18.1 Å².